The van der Waals surface area contributed by atoms with Crippen LogP contribution in [0.3, 0.4) is 0 Å². The van der Waals surface area contributed by atoms with Gasteiger partial charge in [-0.1, -0.05) is 19.3 Å². The molecule has 2 nitrogen and oxygen atoms in total. The summed E-state index contributed by atoms with van der Waals surface area (Å²) in [6.07, 6.45) is 6.64. The summed E-state index contributed by atoms with van der Waals surface area (Å²) in [5.41, 5.74) is 2.07. The van der Waals surface area contributed by atoms with Crippen molar-refractivity contribution >= 4 is 11.3 Å². The Balaban J connectivity index is 1.60. The summed E-state index contributed by atoms with van der Waals surface area (Å²) in [5, 5.41) is 6.65. The second kappa shape index (κ2) is 6.46. The number of nitrogens with zero attached hydrogens (tertiary/aromatic N) is 1. The first-order chi connectivity index (χ1) is 9.81. The van der Waals surface area contributed by atoms with E-state index in [0.29, 0.717) is 6.04 Å². The summed E-state index contributed by atoms with van der Waals surface area (Å²) in [6, 6.07) is 7.19. The van der Waals surface area contributed by atoms with E-state index in [4.69, 9.17) is 0 Å². The second-order valence-corrected chi connectivity index (χ2v) is 6.22. The number of nitrogens with one attached hydrogen (secondary N) is 1. The quantitative estimate of drug-likeness (QED) is 0.904. The summed E-state index contributed by atoms with van der Waals surface area (Å²) in [6.45, 7) is 0.836. The molecule has 0 radical (unpaired) electrons. The topological polar surface area (TPSA) is 24.9 Å². The van der Waals surface area contributed by atoms with Crippen LogP contribution in [0.2, 0.25) is 0 Å². The molecule has 1 saturated carbocycles. The van der Waals surface area contributed by atoms with Crippen molar-refractivity contribution in [1.29, 1.82) is 0 Å². The van der Waals surface area contributed by atoms with Gasteiger partial charge >= 0.3 is 0 Å². The van der Waals surface area contributed by atoms with Crippen LogP contribution in [0, 0.1) is 5.82 Å². The van der Waals surface area contributed by atoms with E-state index in [0.717, 1.165) is 22.8 Å². The van der Waals surface area contributed by atoms with Gasteiger partial charge in [0.2, 0.25) is 0 Å². The smallest absolute Gasteiger partial charge is 0.123 e. The van der Waals surface area contributed by atoms with Crippen molar-refractivity contribution < 1.29 is 4.39 Å². The van der Waals surface area contributed by atoms with Crippen molar-refractivity contribution in [3.63, 3.8) is 0 Å². The maximum Gasteiger partial charge on any atom is 0.123 e. The molecule has 0 saturated heterocycles. The van der Waals surface area contributed by atoms with Crippen molar-refractivity contribution in [2.24, 2.45) is 0 Å². The Bertz CT molecular complexity index is 544. The van der Waals surface area contributed by atoms with Gasteiger partial charge in [-0.2, -0.15) is 0 Å². The van der Waals surface area contributed by atoms with Crippen LogP contribution in [0.25, 0.3) is 10.6 Å². The Morgan fingerprint density at radius 1 is 1.15 bits per heavy atom. The van der Waals surface area contributed by atoms with Crippen molar-refractivity contribution in [1.82, 2.24) is 10.3 Å². The molecule has 1 heterocycles. The number of hydrogen-bond acceptors (Lipinski definition) is 3. The van der Waals surface area contributed by atoms with Gasteiger partial charge in [0, 0.05) is 23.5 Å². The van der Waals surface area contributed by atoms with E-state index < -0.39 is 0 Å². The normalized spacial score (nSPS) is 16.4. The molecule has 3 rings (SSSR count). The minimum Gasteiger partial charge on any atom is -0.308 e. The van der Waals surface area contributed by atoms with Gasteiger partial charge in [-0.05, 0) is 37.1 Å². The highest BCUT2D eigenvalue weighted by Crippen LogP contribution is 2.24. The molecule has 0 unspecified atom stereocenters. The fraction of sp³-hybridized carbons (Fsp3) is 0.438. The highest BCUT2D eigenvalue weighted by atomic mass is 32.1. The molecular formula is C16H19FN2S. The maximum absolute atomic E-state index is 12.9. The summed E-state index contributed by atoms with van der Waals surface area (Å²) < 4.78 is 12.9. The van der Waals surface area contributed by atoms with Crippen molar-refractivity contribution in [2.75, 3.05) is 0 Å². The number of halogens is 1. The average Bonchev–Trinajstić information content (AvgIpc) is 2.96. The molecule has 2 aromatic rings. The van der Waals surface area contributed by atoms with Gasteiger partial charge in [-0.3, -0.25) is 0 Å². The lowest BCUT2D eigenvalue weighted by atomic mass is 9.95. The molecule has 1 aliphatic rings. The minimum atomic E-state index is -0.204. The predicted octanol–water partition coefficient (Wildman–Crippen LogP) is 4.37. The molecule has 1 aromatic heterocycles. The van der Waals surface area contributed by atoms with E-state index in [1.54, 1.807) is 23.5 Å². The number of hydrogen-bond donors (Lipinski definition) is 1. The first kappa shape index (κ1) is 13.7. The monoisotopic (exact) mass is 290 g/mol. The zero-order chi connectivity index (χ0) is 13.8. The molecule has 106 valence electrons. The standard InChI is InChI=1S/C16H19FN2S/c17-13-8-6-12(7-9-13)16-19-15(11-20-16)10-18-14-4-2-1-3-5-14/h6-9,11,14,18H,1-5,10H2. The first-order valence-corrected chi connectivity index (χ1v) is 8.13. The first-order valence-electron chi connectivity index (χ1n) is 7.25. The molecule has 1 N–H and O–H groups in total. The Morgan fingerprint density at radius 3 is 2.65 bits per heavy atom. The zero-order valence-corrected chi connectivity index (χ0v) is 12.3. The zero-order valence-electron chi connectivity index (χ0n) is 11.4. The summed E-state index contributed by atoms with van der Waals surface area (Å²) in [5.74, 6) is -0.204. The molecule has 0 atom stereocenters. The van der Waals surface area contributed by atoms with Crippen molar-refractivity contribution in [3.05, 3.63) is 41.2 Å². The lowest BCUT2D eigenvalue weighted by Crippen LogP contribution is -2.30. The van der Waals surface area contributed by atoms with Crippen LogP contribution in [0.4, 0.5) is 4.39 Å². The van der Waals surface area contributed by atoms with Crippen LogP contribution >= 0.6 is 11.3 Å². The van der Waals surface area contributed by atoms with Crippen LogP contribution in [0.1, 0.15) is 37.8 Å². The number of rotatable bonds is 4. The largest absolute Gasteiger partial charge is 0.308 e. The minimum absolute atomic E-state index is 0.204. The van der Waals surface area contributed by atoms with Gasteiger partial charge in [0.1, 0.15) is 10.8 Å². The van der Waals surface area contributed by atoms with Gasteiger partial charge in [0.15, 0.2) is 0 Å². The number of thiazole rings is 1. The predicted molar refractivity (Wildman–Crippen MR) is 81.2 cm³/mol. The highest BCUT2D eigenvalue weighted by molar-refractivity contribution is 7.13. The van der Waals surface area contributed by atoms with E-state index >= 15 is 0 Å². The third-order valence-corrected chi connectivity index (χ3v) is 4.76. The van der Waals surface area contributed by atoms with E-state index in [-0.39, 0.29) is 5.82 Å². The third-order valence-electron chi connectivity index (χ3n) is 3.82. The Kier molecular flexibility index (Phi) is 4.43. The lowest BCUT2D eigenvalue weighted by molar-refractivity contribution is 0.371. The molecule has 0 bridgehead atoms. The van der Waals surface area contributed by atoms with E-state index in [2.05, 4.69) is 15.7 Å². The summed E-state index contributed by atoms with van der Waals surface area (Å²) >= 11 is 1.62. The fourth-order valence-corrected chi connectivity index (χ4v) is 3.49. The summed E-state index contributed by atoms with van der Waals surface area (Å²) in [7, 11) is 0. The molecule has 1 fully saturated rings. The van der Waals surface area contributed by atoms with Gasteiger partial charge in [0.05, 0.1) is 5.69 Å². The molecular weight excluding hydrogens is 271 g/mol. The molecule has 0 spiro atoms. The van der Waals surface area contributed by atoms with Crippen molar-refractivity contribution in [3.8, 4) is 10.6 Å². The van der Waals surface area contributed by atoms with Crippen LogP contribution < -0.4 is 5.32 Å². The number of benzene rings is 1. The van der Waals surface area contributed by atoms with Crippen LogP contribution in [0.5, 0.6) is 0 Å². The molecule has 0 aliphatic heterocycles. The van der Waals surface area contributed by atoms with Gasteiger partial charge < -0.3 is 5.32 Å². The fourth-order valence-electron chi connectivity index (χ4n) is 2.67. The lowest BCUT2D eigenvalue weighted by Gasteiger charge is -2.22. The van der Waals surface area contributed by atoms with Gasteiger partial charge in [-0.25, -0.2) is 9.37 Å². The number of aromatic nitrogens is 1. The molecule has 1 aromatic carbocycles. The Morgan fingerprint density at radius 2 is 1.90 bits per heavy atom. The van der Waals surface area contributed by atoms with E-state index in [9.17, 15) is 4.39 Å². The third kappa shape index (κ3) is 3.44. The molecule has 20 heavy (non-hydrogen) atoms. The molecule has 1 aliphatic carbocycles. The average molecular weight is 290 g/mol. The molecule has 4 heteroatoms. The maximum atomic E-state index is 12.9. The van der Waals surface area contributed by atoms with Crippen molar-refractivity contribution in [2.45, 2.75) is 44.7 Å². The summed E-state index contributed by atoms with van der Waals surface area (Å²) in [4.78, 5) is 4.63. The highest BCUT2D eigenvalue weighted by Gasteiger charge is 2.13. The van der Waals surface area contributed by atoms with Gasteiger partial charge in [0.25, 0.3) is 0 Å². The second-order valence-electron chi connectivity index (χ2n) is 5.37. The van der Waals surface area contributed by atoms with Crippen LogP contribution in [0.15, 0.2) is 29.6 Å². The van der Waals surface area contributed by atoms with E-state index in [1.807, 2.05) is 0 Å². The van der Waals surface area contributed by atoms with E-state index in [1.165, 1.54) is 44.2 Å². The Hall–Kier alpha value is -1.26. The Labute approximate surface area is 123 Å². The van der Waals surface area contributed by atoms with Gasteiger partial charge in [-0.15, -0.1) is 11.3 Å². The van der Waals surface area contributed by atoms with Crippen LogP contribution in [-0.4, -0.2) is 11.0 Å². The van der Waals surface area contributed by atoms with Crippen LogP contribution in [-0.2, 0) is 6.54 Å². The molecule has 0 amide bonds. The SMILES string of the molecule is Fc1ccc(-c2nc(CNC3CCCCC3)cs2)cc1.